The molecule has 0 radical (unpaired) electrons. The van der Waals surface area contributed by atoms with E-state index in [-0.39, 0.29) is 0 Å². The van der Waals surface area contributed by atoms with Crippen LogP contribution in [0, 0.1) is 5.92 Å². The molecular weight excluding hydrogens is 182 g/mol. The van der Waals surface area contributed by atoms with Crippen LogP contribution in [-0.4, -0.2) is 0 Å². The molecule has 0 fully saturated rings. The molecule has 1 aliphatic rings. The van der Waals surface area contributed by atoms with Gasteiger partial charge in [-0.05, 0) is 23.5 Å². The van der Waals surface area contributed by atoms with Crippen molar-refractivity contribution in [2.75, 3.05) is 0 Å². The van der Waals surface area contributed by atoms with Crippen molar-refractivity contribution in [1.82, 2.24) is 5.32 Å². The summed E-state index contributed by atoms with van der Waals surface area (Å²) >= 11 is 0. The fourth-order valence-electron chi connectivity index (χ4n) is 2.60. The van der Waals surface area contributed by atoms with E-state index in [9.17, 15) is 0 Å². The predicted octanol–water partition coefficient (Wildman–Crippen LogP) is 3.66. The third-order valence-electron chi connectivity index (χ3n) is 3.39. The minimum Gasteiger partial charge on any atom is -0.306 e. The van der Waals surface area contributed by atoms with E-state index < -0.39 is 0 Å². The molecule has 1 aromatic rings. The Labute approximate surface area is 92.9 Å². The third kappa shape index (κ3) is 2.40. The van der Waals surface area contributed by atoms with Crippen molar-refractivity contribution >= 4 is 0 Å². The normalized spacial score (nSPS) is 21.3. The van der Waals surface area contributed by atoms with Crippen molar-refractivity contribution in [3.05, 3.63) is 35.4 Å². The molecule has 0 saturated carbocycles. The topological polar surface area (TPSA) is 12.0 Å². The van der Waals surface area contributed by atoms with Crippen molar-refractivity contribution in [3.8, 4) is 0 Å². The Hall–Kier alpha value is -0.820. The largest absolute Gasteiger partial charge is 0.306 e. The van der Waals surface area contributed by atoms with Gasteiger partial charge in [-0.15, -0.1) is 0 Å². The van der Waals surface area contributed by atoms with E-state index in [0.717, 1.165) is 12.5 Å². The summed E-state index contributed by atoms with van der Waals surface area (Å²) in [6.07, 6.45) is 3.93. The Morgan fingerprint density at radius 2 is 2.20 bits per heavy atom. The van der Waals surface area contributed by atoms with Crippen molar-refractivity contribution in [1.29, 1.82) is 0 Å². The molecule has 0 aromatic heterocycles. The summed E-state index contributed by atoms with van der Waals surface area (Å²) in [6.45, 7) is 5.69. The minimum atomic E-state index is 0.600. The number of hydrogen-bond donors (Lipinski definition) is 1. The first-order valence-electron chi connectivity index (χ1n) is 6.12. The van der Waals surface area contributed by atoms with Crippen LogP contribution in [0.5, 0.6) is 0 Å². The highest BCUT2D eigenvalue weighted by Gasteiger charge is 2.22. The second-order valence-corrected chi connectivity index (χ2v) is 4.76. The quantitative estimate of drug-likeness (QED) is 0.787. The van der Waals surface area contributed by atoms with Gasteiger partial charge >= 0.3 is 0 Å². The maximum atomic E-state index is 3.61. The highest BCUT2D eigenvalue weighted by Crippen LogP contribution is 2.30. The van der Waals surface area contributed by atoms with Crippen LogP contribution < -0.4 is 5.32 Å². The van der Waals surface area contributed by atoms with Crippen molar-refractivity contribution in [2.45, 2.75) is 45.7 Å². The molecule has 2 atom stereocenters. The van der Waals surface area contributed by atoms with Crippen LogP contribution in [0.1, 0.15) is 50.3 Å². The summed E-state index contributed by atoms with van der Waals surface area (Å²) in [4.78, 5) is 0. The van der Waals surface area contributed by atoms with Crippen molar-refractivity contribution in [3.63, 3.8) is 0 Å². The highest BCUT2D eigenvalue weighted by atomic mass is 14.9. The summed E-state index contributed by atoms with van der Waals surface area (Å²) in [5.74, 6) is 0.832. The summed E-state index contributed by atoms with van der Waals surface area (Å²) in [5, 5.41) is 3.61. The van der Waals surface area contributed by atoms with Gasteiger partial charge in [0.15, 0.2) is 0 Å². The fourth-order valence-corrected chi connectivity index (χ4v) is 2.60. The average Bonchev–Trinajstić information content (AvgIpc) is 2.62. The smallest absolute Gasteiger partial charge is 0.0329 e. The van der Waals surface area contributed by atoms with Crippen LogP contribution >= 0.6 is 0 Å². The van der Waals surface area contributed by atoms with Gasteiger partial charge in [0, 0.05) is 12.6 Å². The molecule has 0 spiro atoms. The van der Waals surface area contributed by atoms with E-state index in [2.05, 4.69) is 43.4 Å². The van der Waals surface area contributed by atoms with Gasteiger partial charge in [-0.3, -0.25) is 0 Å². The van der Waals surface area contributed by atoms with Gasteiger partial charge in [0.25, 0.3) is 0 Å². The zero-order chi connectivity index (χ0) is 10.7. The predicted molar refractivity (Wildman–Crippen MR) is 64.7 cm³/mol. The first-order valence-corrected chi connectivity index (χ1v) is 6.12. The van der Waals surface area contributed by atoms with Gasteiger partial charge < -0.3 is 5.32 Å². The summed E-state index contributed by atoms with van der Waals surface area (Å²) in [7, 11) is 0. The van der Waals surface area contributed by atoms with Crippen LogP contribution in [0.3, 0.4) is 0 Å². The number of benzene rings is 1. The number of nitrogens with one attached hydrogen (secondary N) is 1. The van der Waals surface area contributed by atoms with Gasteiger partial charge in [0.2, 0.25) is 0 Å². The maximum Gasteiger partial charge on any atom is 0.0329 e. The first-order chi connectivity index (χ1) is 7.31. The lowest BCUT2D eigenvalue weighted by Gasteiger charge is -2.17. The lowest BCUT2D eigenvalue weighted by Crippen LogP contribution is -2.15. The Bertz CT molecular complexity index is 319. The third-order valence-corrected chi connectivity index (χ3v) is 3.39. The molecule has 2 unspecified atom stereocenters. The van der Waals surface area contributed by atoms with Crippen LogP contribution in [0.15, 0.2) is 24.3 Å². The van der Waals surface area contributed by atoms with Gasteiger partial charge in [0.1, 0.15) is 0 Å². The van der Waals surface area contributed by atoms with E-state index in [1.165, 1.54) is 30.4 Å². The van der Waals surface area contributed by atoms with Crippen LogP contribution in [0.2, 0.25) is 0 Å². The molecule has 0 amide bonds. The Morgan fingerprint density at radius 3 is 3.00 bits per heavy atom. The van der Waals surface area contributed by atoms with Gasteiger partial charge in [-0.2, -0.15) is 0 Å². The molecule has 0 saturated heterocycles. The minimum absolute atomic E-state index is 0.600. The molecule has 82 valence electrons. The maximum absolute atomic E-state index is 3.61. The first kappa shape index (κ1) is 10.7. The van der Waals surface area contributed by atoms with E-state index >= 15 is 0 Å². The molecule has 0 aliphatic carbocycles. The lowest BCUT2D eigenvalue weighted by atomic mass is 9.93. The summed E-state index contributed by atoms with van der Waals surface area (Å²) < 4.78 is 0. The Morgan fingerprint density at radius 1 is 1.40 bits per heavy atom. The van der Waals surface area contributed by atoms with E-state index in [1.54, 1.807) is 0 Å². The Balaban J connectivity index is 2.01. The molecule has 1 N–H and O–H groups in total. The molecular formula is C14H21N. The zero-order valence-electron chi connectivity index (χ0n) is 9.79. The fraction of sp³-hybridized carbons (Fsp3) is 0.571. The summed E-state index contributed by atoms with van der Waals surface area (Å²) in [6, 6.07) is 9.41. The van der Waals surface area contributed by atoms with Crippen LogP contribution in [-0.2, 0) is 6.54 Å². The molecule has 15 heavy (non-hydrogen) atoms. The van der Waals surface area contributed by atoms with Crippen molar-refractivity contribution < 1.29 is 0 Å². The van der Waals surface area contributed by atoms with E-state index in [0.29, 0.717) is 6.04 Å². The number of rotatable bonds is 4. The van der Waals surface area contributed by atoms with E-state index in [1.807, 2.05) is 0 Å². The second kappa shape index (κ2) is 4.80. The summed E-state index contributed by atoms with van der Waals surface area (Å²) in [5.41, 5.74) is 3.02. The van der Waals surface area contributed by atoms with Crippen molar-refractivity contribution in [2.24, 2.45) is 5.92 Å². The molecule has 1 heteroatoms. The number of hydrogen-bond acceptors (Lipinski definition) is 1. The Kier molecular flexibility index (Phi) is 3.42. The molecule has 1 aliphatic heterocycles. The molecule has 1 nitrogen and oxygen atoms in total. The monoisotopic (exact) mass is 203 g/mol. The van der Waals surface area contributed by atoms with Gasteiger partial charge in [-0.1, -0.05) is 51.0 Å². The standard InChI is InChI=1S/C14H21N/c1-3-6-11(2)9-14-13-8-5-4-7-12(13)10-15-14/h4-5,7-8,11,14-15H,3,6,9-10H2,1-2H3. The van der Waals surface area contributed by atoms with E-state index in [4.69, 9.17) is 0 Å². The lowest BCUT2D eigenvalue weighted by molar-refractivity contribution is 0.406. The SMILES string of the molecule is CCCC(C)CC1NCc2ccccc21. The highest BCUT2D eigenvalue weighted by molar-refractivity contribution is 5.33. The molecule has 2 rings (SSSR count). The average molecular weight is 203 g/mol. The molecule has 0 bridgehead atoms. The van der Waals surface area contributed by atoms with Gasteiger partial charge in [-0.25, -0.2) is 0 Å². The zero-order valence-corrected chi connectivity index (χ0v) is 9.79. The van der Waals surface area contributed by atoms with Gasteiger partial charge in [0.05, 0.1) is 0 Å². The number of fused-ring (bicyclic) bond motifs is 1. The molecule has 1 aromatic carbocycles. The second-order valence-electron chi connectivity index (χ2n) is 4.76. The molecule has 1 heterocycles. The van der Waals surface area contributed by atoms with Crippen LogP contribution in [0.4, 0.5) is 0 Å². The van der Waals surface area contributed by atoms with Crippen LogP contribution in [0.25, 0.3) is 0 Å².